The smallest absolute Gasteiger partial charge is 0.219 e. The van der Waals surface area contributed by atoms with Crippen molar-refractivity contribution >= 4 is 45.1 Å². The molecule has 0 atom stereocenters. The number of rotatable bonds is 5. The van der Waals surface area contributed by atoms with Crippen LogP contribution in [0, 0.1) is 11.7 Å². The SMILES string of the molecule is CCc1c(CCN2CCC(C3=CS(=O)(=O)c4cc(F)ccc43)CC2)sc2c1CCN(C(C)=O)C2.Cl.O.O. The van der Waals surface area contributed by atoms with Gasteiger partial charge in [0.2, 0.25) is 15.7 Å². The van der Waals surface area contributed by atoms with Gasteiger partial charge >= 0.3 is 0 Å². The molecule has 5 rings (SSSR count). The summed E-state index contributed by atoms with van der Waals surface area (Å²) in [5.41, 5.74) is 4.49. The molecular weight excluding hydrogens is 539 g/mol. The Balaban J connectivity index is 0.00000160. The molecule has 1 saturated heterocycles. The summed E-state index contributed by atoms with van der Waals surface area (Å²) >= 11 is 1.88. The number of allylic oxidation sites excluding steroid dienone is 1. The van der Waals surface area contributed by atoms with E-state index in [1.807, 2.05) is 16.2 Å². The third kappa shape index (κ3) is 6.10. The molecule has 0 bridgehead atoms. The molecule has 1 amide bonds. The number of nitrogens with zero attached hydrogens (tertiary/aromatic N) is 2. The molecule has 0 radical (unpaired) electrons. The maximum Gasteiger partial charge on any atom is 0.219 e. The Morgan fingerprint density at radius 1 is 1.16 bits per heavy atom. The average molecular weight is 575 g/mol. The lowest BCUT2D eigenvalue weighted by molar-refractivity contribution is -0.129. The van der Waals surface area contributed by atoms with E-state index in [1.165, 1.54) is 32.4 Å². The van der Waals surface area contributed by atoms with E-state index in [4.69, 9.17) is 0 Å². The van der Waals surface area contributed by atoms with Gasteiger partial charge in [-0.05, 0) is 85.5 Å². The second-order valence-corrected chi connectivity index (χ2v) is 12.5. The van der Waals surface area contributed by atoms with Crippen LogP contribution in [0.4, 0.5) is 4.39 Å². The first-order valence-electron chi connectivity index (χ1n) is 12.1. The molecule has 7 nitrogen and oxygen atoms in total. The second-order valence-electron chi connectivity index (χ2n) is 9.57. The number of likely N-dealkylation sites (tertiary alicyclic amines) is 1. The number of carbonyl (C=O) groups is 1. The summed E-state index contributed by atoms with van der Waals surface area (Å²) in [7, 11) is -3.54. The standard InChI is InChI=1S/C26H31FN2O3S2.ClH.2H2O/c1-3-20-21-8-13-29(17(2)30)15-25(21)33-24(20)9-12-28-10-6-18(7-11-28)23-16-34(31,32)26-14-19(27)4-5-22(23)26;;;/h4-5,14,16,18H,3,6-13,15H2,1-2H3;1H;2*1H2. The van der Waals surface area contributed by atoms with Crippen LogP contribution in [0.3, 0.4) is 0 Å². The van der Waals surface area contributed by atoms with Crippen molar-refractivity contribution in [2.45, 2.75) is 57.4 Å². The van der Waals surface area contributed by atoms with Gasteiger partial charge in [0.25, 0.3) is 0 Å². The van der Waals surface area contributed by atoms with Crippen LogP contribution in [0.5, 0.6) is 0 Å². The Kier molecular flexibility index (Phi) is 10.5. The van der Waals surface area contributed by atoms with Gasteiger partial charge in [0.15, 0.2) is 0 Å². The maximum atomic E-state index is 13.6. The van der Waals surface area contributed by atoms with E-state index in [2.05, 4.69) is 11.8 Å². The molecule has 4 N–H and O–H groups in total. The quantitative estimate of drug-likeness (QED) is 0.544. The van der Waals surface area contributed by atoms with E-state index in [9.17, 15) is 17.6 Å². The lowest BCUT2D eigenvalue weighted by Crippen LogP contribution is -2.35. The van der Waals surface area contributed by atoms with Gasteiger partial charge in [0, 0.05) is 35.2 Å². The number of piperidine rings is 1. The van der Waals surface area contributed by atoms with E-state index in [0.717, 1.165) is 76.5 Å². The molecule has 0 spiro atoms. The predicted molar refractivity (Wildman–Crippen MR) is 147 cm³/mol. The Morgan fingerprint density at radius 2 is 1.86 bits per heavy atom. The third-order valence-electron chi connectivity index (χ3n) is 7.57. The summed E-state index contributed by atoms with van der Waals surface area (Å²) in [5.74, 6) is -0.169. The van der Waals surface area contributed by atoms with Crippen molar-refractivity contribution in [1.82, 2.24) is 9.80 Å². The molecule has 11 heteroatoms. The molecule has 2 aromatic rings. The molecule has 3 aliphatic heterocycles. The molecular formula is C26H36ClFN2O5S2. The highest BCUT2D eigenvalue weighted by Gasteiger charge is 2.33. The van der Waals surface area contributed by atoms with Gasteiger partial charge in [-0.25, -0.2) is 12.8 Å². The Morgan fingerprint density at radius 3 is 2.51 bits per heavy atom. The zero-order valence-corrected chi connectivity index (χ0v) is 23.6. The summed E-state index contributed by atoms with van der Waals surface area (Å²) in [6.45, 7) is 8.30. The fourth-order valence-electron chi connectivity index (χ4n) is 5.71. The number of hydrogen-bond donors (Lipinski definition) is 0. The molecule has 0 unspecified atom stereocenters. The molecule has 0 aliphatic carbocycles. The van der Waals surface area contributed by atoms with Crippen molar-refractivity contribution in [3.63, 3.8) is 0 Å². The molecule has 3 aliphatic rings. The van der Waals surface area contributed by atoms with Crippen molar-refractivity contribution in [1.29, 1.82) is 0 Å². The monoisotopic (exact) mass is 574 g/mol. The highest BCUT2D eigenvalue weighted by atomic mass is 35.5. The highest BCUT2D eigenvalue weighted by Crippen LogP contribution is 2.42. The van der Waals surface area contributed by atoms with Crippen LogP contribution in [0.1, 0.15) is 53.1 Å². The maximum absolute atomic E-state index is 13.6. The number of thiophene rings is 1. The number of benzene rings is 1. The van der Waals surface area contributed by atoms with Gasteiger partial charge in [-0.2, -0.15) is 0 Å². The molecule has 1 aromatic heterocycles. The van der Waals surface area contributed by atoms with Gasteiger partial charge in [-0.3, -0.25) is 4.79 Å². The van der Waals surface area contributed by atoms with E-state index in [0.29, 0.717) is 5.56 Å². The summed E-state index contributed by atoms with van der Waals surface area (Å²) in [6.07, 6.45) is 4.83. The number of amides is 1. The summed E-state index contributed by atoms with van der Waals surface area (Å²) in [4.78, 5) is 19.2. The van der Waals surface area contributed by atoms with Gasteiger partial charge in [0.1, 0.15) is 5.82 Å². The van der Waals surface area contributed by atoms with Crippen molar-refractivity contribution in [2.24, 2.45) is 5.92 Å². The molecule has 0 saturated carbocycles. The van der Waals surface area contributed by atoms with E-state index in [1.54, 1.807) is 13.0 Å². The summed E-state index contributed by atoms with van der Waals surface area (Å²) in [5, 5.41) is 1.37. The highest BCUT2D eigenvalue weighted by molar-refractivity contribution is 7.95. The Labute approximate surface area is 228 Å². The minimum atomic E-state index is -3.54. The number of sulfone groups is 1. The number of halogens is 2. The molecule has 37 heavy (non-hydrogen) atoms. The zero-order chi connectivity index (χ0) is 24.0. The summed E-state index contributed by atoms with van der Waals surface area (Å²) in [6, 6.07) is 4.11. The number of fused-ring (bicyclic) bond motifs is 2. The van der Waals surface area contributed by atoms with Crippen molar-refractivity contribution in [2.75, 3.05) is 26.2 Å². The van der Waals surface area contributed by atoms with Gasteiger partial charge < -0.3 is 20.8 Å². The van der Waals surface area contributed by atoms with Gasteiger partial charge in [0.05, 0.1) is 11.4 Å². The largest absolute Gasteiger partial charge is 0.412 e. The van der Waals surface area contributed by atoms with Crippen LogP contribution in [-0.2, 0) is 40.4 Å². The van der Waals surface area contributed by atoms with Crippen LogP contribution >= 0.6 is 23.7 Å². The lowest BCUT2D eigenvalue weighted by Gasteiger charge is -2.32. The minimum absolute atomic E-state index is 0. The average Bonchev–Trinajstić information content (AvgIpc) is 3.31. The Bertz CT molecular complexity index is 1270. The van der Waals surface area contributed by atoms with Crippen LogP contribution in [0.15, 0.2) is 28.5 Å². The lowest BCUT2D eigenvalue weighted by atomic mass is 9.86. The van der Waals surface area contributed by atoms with Gasteiger partial charge in [-0.15, -0.1) is 23.7 Å². The second kappa shape index (κ2) is 12.4. The van der Waals surface area contributed by atoms with Gasteiger partial charge in [-0.1, -0.05) is 13.0 Å². The first-order chi connectivity index (χ1) is 16.3. The predicted octanol–water partition coefficient (Wildman–Crippen LogP) is 3.21. The number of hydrogen-bond acceptors (Lipinski definition) is 5. The zero-order valence-electron chi connectivity index (χ0n) is 21.2. The fourth-order valence-corrected chi connectivity index (χ4v) is 8.71. The normalized spacial score (nSPS) is 18.6. The fraction of sp³-hybridized carbons (Fsp3) is 0.500. The molecule has 1 aromatic carbocycles. The third-order valence-corrected chi connectivity index (χ3v) is 10.4. The number of carbonyl (C=O) groups excluding carboxylic acids is 1. The molecule has 206 valence electrons. The van der Waals surface area contributed by atoms with Crippen LogP contribution in [0.2, 0.25) is 0 Å². The van der Waals surface area contributed by atoms with Crippen molar-refractivity contribution in [3.05, 3.63) is 55.9 Å². The van der Waals surface area contributed by atoms with E-state index >= 15 is 0 Å². The Hall–Kier alpha value is -1.82. The van der Waals surface area contributed by atoms with Crippen molar-refractivity contribution < 1.29 is 28.6 Å². The van der Waals surface area contributed by atoms with E-state index in [-0.39, 0.29) is 40.1 Å². The van der Waals surface area contributed by atoms with Crippen molar-refractivity contribution in [3.8, 4) is 0 Å². The topological polar surface area (TPSA) is 121 Å². The first kappa shape index (κ1) is 31.4. The summed E-state index contributed by atoms with van der Waals surface area (Å²) < 4.78 is 38.6. The van der Waals surface area contributed by atoms with E-state index < -0.39 is 15.7 Å². The minimum Gasteiger partial charge on any atom is -0.412 e. The first-order valence-corrected chi connectivity index (χ1v) is 14.5. The van der Waals surface area contributed by atoms with Crippen LogP contribution < -0.4 is 0 Å². The molecule has 4 heterocycles. The van der Waals surface area contributed by atoms with Crippen LogP contribution in [-0.4, -0.2) is 61.3 Å². The van der Waals surface area contributed by atoms with Crippen LogP contribution in [0.25, 0.3) is 5.57 Å². The molecule has 1 fully saturated rings.